The van der Waals surface area contributed by atoms with Crippen molar-refractivity contribution in [1.29, 1.82) is 0 Å². The molecule has 0 radical (unpaired) electrons. The first kappa shape index (κ1) is 33.4. The van der Waals surface area contributed by atoms with E-state index in [9.17, 15) is 14.4 Å². The molecule has 62 heavy (non-hydrogen) atoms. The van der Waals surface area contributed by atoms with Crippen molar-refractivity contribution >= 4 is 115 Å². The van der Waals surface area contributed by atoms with Gasteiger partial charge in [-0.2, -0.15) is 0 Å². The van der Waals surface area contributed by atoms with Crippen LogP contribution in [-0.4, -0.2) is 8.80 Å². The fourth-order valence-electron chi connectivity index (χ4n) is 10.9. The molecule has 0 bridgehead atoms. The van der Waals surface area contributed by atoms with Gasteiger partial charge in [-0.15, -0.1) is 0 Å². The lowest BCUT2D eigenvalue weighted by molar-refractivity contribution is 1.31. The second-order valence-electron chi connectivity index (χ2n) is 16.7. The van der Waals surface area contributed by atoms with Crippen LogP contribution in [-0.2, 0) is 0 Å². The maximum Gasteiger partial charge on any atom is 0.197 e. The maximum absolute atomic E-state index is 14.6. The van der Waals surface area contributed by atoms with Gasteiger partial charge in [-0.1, -0.05) is 104 Å². The van der Waals surface area contributed by atoms with Crippen LogP contribution in [0.2, 0.25) is 0 Å². The van der Waals surface area contributed by atoms with E-state index in [4.69, 9.17) is 0 Å². The third-order valence-corrected chi connectivity index (χ3v) is 13.7. The van der Waals surface area contributed by atoms with Crippen LogP contribution < -0.4 is 21.5 Å². The quantitative estimate of drug-likeness (QED) is 0.129. The Labute approximate surface area is 350 Å². The van der Waals surface area contributed by atoms with Crippen LogP contribution in [0.15, 0.2) is 184 Å². The summed E-state index contributed by atoms with van der Waals surface area (Å²) in [5.41, 5.74) is 8.82. The first-order chi connectivity index (χ1) is 30.4. The van der Waals surface area contributed by atoms with Crippen molar-refractivity contribution in [3.63, 3.8) is 0 Å². The number of hydrogen-bond acceptors (Lipinski definition) is 3. The Kier molecular flexibility index (Phi) is 6.28. The molecule has 0 aliphatic heterocycles. The van der Waals surface area contributed by atoms with Gasteiger partial charge >= 0.3 is 0 Å². The minimum Gasteiger partial charge on any atom is -0.308 e. The van der Waals surface area contributed by atoms with Crippen LogP contribution in [0.4, 0.5) is 0 Å². The lowest BCUT2D eigenvalue weighted by atomic mass is 9.85. The van der Waals surface area contributed by atoms with Crippen LogP contribution in [0.25, 0.3) is 137 Å². The molecule has 14 aromatic rings. The average molecular weight is 791 g/mol. The van der Waals surface area contributed by atoms with E-state index in [1.807, 2.05) is 91.0 Å². The molecule has 14 rings (SSSR count). The van der Waals surface area contributed by atoms with E-state index < -0.39 is 0 Å². The summed E-state index contributed by atoms with van der Waals surface area (Å²) in [7, 11) is 0. The number of para-hydroxylation sites is 4. The molecule has 0 unspecified atom stereocenters. The minimum absolute atomic E-state index is 0.0245. The van der Waals surface area contributed by atoms with Crippen LogP contribution >= 0.6 is 0 Å². The van der Waals surface area contributed by atoms with E-state index in [1.165, 1.54) is 21.5 Å². The molecule has 0 saturated carbocycles. The fourth-order valence-corrected chi connectivity index (χ4v) is 10.9. The van der Waals surface area contributed by atoms with E-state index in [0.717, 1.165) is 76.6 Å². The van der Waals surface area contributed by atoms with Crippen LogP contribution in [0.5, 0.6) is 0 Å². The normalized spacial score (nSPS) is 12.5. The Morgan fingerprint density at radius 2 is 0.758 bits per heavy atom. The molecule has 5 heteroatoms. The highest BCUT2D eigenvalue weighted by atomic mass is 16.1. The van der Waals surface area contributed by atoms with E-state index >= 15 is 0 Å². The number of fused-ring (bicyclic) bond motifs is 8. The molecular weight excluding hydrogens is 761 g/mol. The zero-order valence-corrected chi connectivity index (χ0v) is 33.0. The minimum atomic E-state index is -0.0994. The van der Waals surface area contributed by atoms with Crippen molar-refractivity contribution in [3.8, 4) is 22.3 Å². The number of pyridine rings is 4. The van der Waals surface area contributed by atoms with Gasteiger partial charge in [0.25, 0.3) is 0 Å². The van der Waals surface area contributed by atoms with Crippen molar-refractivity contribution in [2.45, 2.75) is 0 Å². The predicted octanol–water partition coefficient (Wildman–Crippen LogP) is 12.0. The summed E-state index contributed by atoms with van der Waals surface area (Å²) in [6.07, 6.45) is 0. The lowest BCUT2D eigenvalue weighted by Crippen LogP contribution is -2.14. The average Bonchev–Trinajstić information content (AvgIpc) is 3.32. The van der Waals surface area contributed by atoms with Gasteiger partial charge in [0, 0.05) is 43.1 Å². The Balaban J connectivity index is 1.10. The zero-order valence-electron chi connectivity index (χ0n) is 33.0. The number of benzene rings is 10. The highest BCUT2D eigenvalue weighted by Crippen LogP contribution is 2.45. The molecule has 286 valence electrons. The fraction of sp³-hybridized carbons (Fsp3) is 0. The van der Waals surface area contributed by atoms with Crippen molar-refractivity contribution in [2.75, 3.05) is 0 Å². The van der Waals surface area contributed by atoms with Crippen LogP contribution in [0, 0.1) is 0 Å². The topological polar surface area (TPSA) is 60.0 Å². The third kappa shape index (κ3) is 4.09. The van der Waals surface area contributed by atoms with Crippen molar-refractivity contribution in [3.05, 3.63) is 206 Å². The summed E-state index contributed by atoms with van der Waals surface area (Å²) < 4.78 is 4.32. The van der Waals surface area contributed by atoms with E-state index in [2.05, 4.69) is 94.2 Å². The largest absolute Gasteiger partial charge is 0.308 e. The third-order valence-electron chi connectivity index (χ3n) is 13.7. The summed E-state index contributed by atoms with van der Waals surface area (Å²) >= 11 is 0. The second kappa shape index (κ2) is 11.7. The van der Waals surface area contributed by atoms with Gasteiger partial charge in [0.05, 0.1) is 33.1 Å². The molecular formula is C57H30N2O3. The highest BCUT2D eigenvalue weighted by Gasteiger charge is 2.22. The molecule has 0 fully saturated rings. The first-order valence-electron chi connectivity index (χ1n) is 20.8. The highest BCUT2D eigenvalue weighted by molar-refractivity contribution is 6.28. The van der Waals surface area contributed by atoms with Crippen molar-refractivity contribution < 1.29 is 0 Å². The molecule has 0 aliphatic rings. The summed E-state index contributed by atoms with van der Waals surface area (Å²) in [5, 5.41) is 13.4. The second-order valence-corrected chi connectivity index (χ2v) is 16.7. The molecule has 0 aliphatic carbocycles. The Bertz CT molecular complexity index is 4310. The Morgan fingerprint density at radius 3 is 1.34 bits per heavy atom. The molecule has 0 atom stereocenters. The Morgan fingerprint density at radius 1 is 0.323 bits per heavy atom. The number of nitrogens with zero attached hydrogens (tertiary/aromatic N) is 2. The van der Waals surface area contributed by atoms with Gasteiger partial charge in [0.2, 0.25) is 0 Å². The van der Waals surface area contributed by atoms with Crippen LogP contribution in [0.1, 0.15) is 0 Å². The summed E-state index contributed by atoms with van der Waals surface area (Å²) in [5.74, 6) is 0. The van der Waals surface area contributed by atoms with Gasteiger partial charge in [-0.3, -0.25) is 14.4 Å². The standard InChI is InChI=1S/C57H30N2O3/c1-30-35-13-7-14-40-53(35)58(47-17-4-2-11-38(47)55(40)60)49-25-21-33(27-43(30)49)44-29-45(37-24-20-32-10-6-9-31-19-23-36(44)52(37)51(31)32)34-22-26-50-46(28-34)57(62)42-16-8-15-41-54(42)59(50)48-18-5-3-12-39(48)56(41)61/h2-29H,1H2. The lowest BCUT2D eigenvalue weighted by Gasteiger charge is -2.20. The molecule has 10 aromatic carbocycles. The zero-order chi connectivity index (χ0) is 41.1. The molecule has 4 heterocycles. The maximum atomic E-state index is 14.6. The van der Waals surface area contributed by atoms with Crippen molar-refractivity contribution in [1.82, 2.24) is 8.80 Å². The number of hydrogen-bond donors (Lipinski definition) is 0. The van der Waals surface area contributed by atoms with E-state index in [0.29, 0.717) is 37.8 Å². The number of aromatic nitrogens is 2. The summed E-state index contributed by atoms with van der Waals surface area (Å²) in [4.78, 5) is 42.1. The van der Waals surface area contributed by atoms with E-state index in [1.54, 1.807) is 0 Å². The van der Waals surface area contributed by atoms with Gasteiger partial charge < -0.3 is 8.80 Å². The molecule has 5 nitrogen and oxygen atoms in total. The van der Waals surface area contributed by atoms with E-state index in [-0.39, 0.29) is 16.3 Å². The SMILES string of the molecule is C=c1c2cc(-c3cc(-c4ccc5c(c4)c(=O)c4cccc6c(=O)c7ccccc7n5c64)c4ccc5cccc6ccc3c4c65)ccc2n2c3ccccc3c(=O)c3cccc1c32. The molecule has 0 saturated heterocycles. The smallest absolute Gasteiger partial charge is 0.197 e. The first-order valence-corrected chi connectivity index (χ1v) is 20.8. The van der Waals surface area contributed by atoms with Gasteiger partial charge in [0.15, 0.2) is 16.3 Å². The molecule has 4 aromatic heterocycles. The molecule has 0 N–H and O–H groups in total. The Hall–Kier alpha value is -8.41. The monoisotopic (exact) mass is 790 g/mol. The summed E-state index contributed by atoms with van der Waals surface area (Å²) in [6.45, 7) is 4.65. The molecule has 0 amide bonds. The summed E-state index contributed by atoms with van der Waals surface area (Å²) in [6, 6.07) is 57.3. The van der Waals surface area contributed by atoms with Crippen LogP contribution in [0.3, 0.4) is 0 Å². The van der Waals surface area contributed by atoms with Gasteiger partial charge in [-0.05, 0) is 133 Å². The predicted molar refractivity (Wildman–Crippen MR) is 259 cm³/mol. The van der Waals surface area contributed by atoms with Gasteiger partial charge in [0.1, 0.15) is 0 Å². The van der Waals surface area contributed by atoms with Gasteiger partial charge in [-0.25, -0.2) is 0 Å². The number of rotatable bonds is 2. The molecule has 0 spiro atoms. The van der Waals surface area contributed by atoms with Crippen molar-refractivity contribution in [2.24, 2.45) is 0 Å².